The van der Waals surface area contributed by atoms with Crippen molar-refractivity contribution in [2.75, 3.05) is 38.3 Å². The van der Waals surface area contributed by atoms with Crippen molar-refractivity contribution in [3.63, 3.8) is 0 Å². The molecule has 0 spiro atoms. The lowest BCUT2D eigenvalue weighted by Crippen LogP contribution is -2.43. The van der Waals surface area contributed by atoms with E-state index in [-0.39, 0.29) is 24.3 Å². The maximum atomic E-state index is 13.4. The van der Waals surface area contributed by atoms with E-state index >= 15 is 0 Å². The minimum atomic E-state index is -4.45. The van der Waals surface area contributed by atoms with Gasteiger partial charge in [0, 0.05) is 23.7 Å². The lowest BCUT2D eigenvalue weighted by molar-refractivity contribution is -0.138. The van der Waals surface area contributed by atoms with Gasteiger partial charge in [-0.1, -0.05) is 0 Å². The second kappa shape index (κ2) is 10.1. The number of halogens is 3. The molecule has 0 bridgehead atoms. The van der Waals surface area contributed by atoms with Crippen LogP contribution >= 0.6 is 11.3 Å². The van der Waals surface area contributed by atoms with Crippen LogP contribution in [0.2, 0.25) is 0 Å². The van der Waals surface area contributed by atoms with Crippen LogP contribution in [0.1, 0.15) is 48.1 Å². The van der Waals surface area contributed by atoms with Gasteiger partial charge in [-0.15, -0.1) is 0 Å². The Morgan fingerprint density at radius 3 is 2.71 bits per heavy atom. The third-order valence-electron chi connectivity index (χ3n) is 6.43. The molecule has 0 unspecified atom stereocenters. The van der Waals surface area contributed by atoms with Gasteiger partial charge in [0.05, 0.1) is 29.6 Å². The van der Waals surface area contributed by atoms with E-state index in [1.807, 2.05) is 35.8 Å². The van der Waals surface area contributed by atoms with Crippen LogP contribution in [0, 0.1) is 5.92 Å². The van der Waals surface area contributed by atoms with E-state index in [0.29, 0.717) is 37.1 Å². The van der Waals surface area contributed by atoms with Gasteiger partial charge in [0.25, 0.3) is 0 Å². The summed E-state index contributed by atoms with van der Waals surface area (Å²) >= 11 is 1.57. The lowest BCUT2D eigenvalue weighted by Gasteiger charge is -2.45. The summed E-state index contributed by atoms with van der Waals surface area (Å²) in [7, 11) is 0.316. The summed E-state index contributed by atoms with van der Waals surface area (Å²) in [5, 5.41) is 7.44. The molecule has 3 heterocycles. The zero-order chi connectivity index (χ0) is 24.5. The minimum Gasteiger partial charge on any atom is -0.378 e. The molecular weight excluding hydrogens is 487 g/mol. The zero-order valence-electron chi connectivity index (χ0n) is 19.1. The number of hydrogen-bond donors (Lipinski definition) is 2. The molecule has 4 rings (SSSR count). The average molecular weight is 518 g/mol. The first kappa shape index (κ1) is 25.4. The predicted molar refractivity (Wildman–Crippen MR) is 127 cm³/mol. The lowest BCUT2D eigenvalue weighted by atomic mass is 9.76. The number of nitrogens with zero attached hydrogens (tertiary/aromatic N) is 1. The zero-order valence-corrected chi connectivity index (χ0v) is 20.8. The number of alkyl halides is 3. The highest BCUT2D eigenvalue weighted by atomic mass is 32.2. The highest BCUT2D eigenvalue weighted by molar-refractivity contribution is 7.89. The molecule has 11 heteroatoms. The van der Waals surface area contributed by atoms with E-state index in [1.165, 1.54) is 6.07 Å². The maximum absolute atomic E-state index is 13.4. The molecule has 1 fully saturated rings. The molecular formula is C23H30F3N3O3S2. The normalized spacial score (nSPS) is 25.0. The van der Waals surface area contributed by atoms with Crippen LogP contribution in [0.25, 0.3) is 0 Å². The Labute approximate surface area is 202 Å². The summed E-state index contributed by atoms with van der Waals surface area (Å²) in [6, 6.07) is 5.65. The van der Waals surface area contributed by atoms with E-state index in [1.54, 1.807) is 11.3 Å². The Hall–Kier alpha value is -1.66. The van der Waals surface area contributed by atoms with Crippen molar-refractivity contribution in [1.29, 1.82) is 0 Å². The summed E-state index contributed by atoms with van der Waals surface area (Å²) in [6.07, 6.45) is -3.57. The molecule has 4 atom stereocenters. The first-order valence-corrected chi connectivity index (χ1v) is 13.9. The molecule has 2 aliphatic heterocycles. The van der Waals surface area contributed by atoms with Crippen molar-refractivity contribution < 1.29 is 26.3 Å². The van der Waals surface area contributed by atoms with E-state index in [0.717, 1.165) is 17.7 Å². The van der Waals surface area contributed by atoms with Gasteiger partial charge in [-0.25, -0.2) is 13.1 Å². The third kappa shape index (κ3) is 5.93. The number of anilines is 1. The Morgan fingerprint density at radius 1 is 1.24 bits per heavy atom. The van der Waals surface area contributed by atoms with E-state index in [9.17, 15) is 21.6 Å². The number of benzene rings is 1. The quantitative estimate of drug-likeness (QED) is 0.534. The van der Waals surface area contributed by atoms with Crippen molar-refractivity contribution in [3.8, 4) is 0 Å². The number of hydrogen-bond acceptors (Lipinski definition) is 6. The van der Waals surface area contributed by atoms with E-state index in [2.05, 4.69) is 10.0 Å². The van der Waals surface area contributed by atoms with Crippen LogP contribution in [0.15, 0.2) is 35.0 Å². The van der Waals surface area contributed by atoms with Crippen LogP contribution in [0.5, 0.6) is 0 Å². The van der Waals surface area contributed by atoms with Crippen LogP contribution in [0.3, 0.4) is 0 Å². The Kier molecular flexibility index (Phi) is 7.58. The number of fused-ring (bicyclic) bond motifs is 3. The van der Waals surface area contributed by atoms with Gasteiger partial charge in [-0.3, -0.25) is 0 Å². The van der Waals surface area contributed by atoms with Gasteiger partial charge in [-0.05, 0) is 80.5 Å². The third-order valence-corrected chi connectivity index (χ3v) is 8.56. The topological polar surface area (TPSA) is 70.7 Å². The van der Waals surface area contributed by atoms with E-state index in [4.69, 9.17) is 4.74 Å². The molecule has 0 saturated carbocycles. The average Bonchev–Trinajstić information content (AvgIpc) is 3.30. The fraction of sp³-hybridized carbons (Fsp3) is 0.565. The molecule has 1 aromatic heterocycles. The summed E-state index contributed by atoms with van der Waals surface area (Å²) < 4.78 is 74.0. The van der Waals surface area contributed by atoms with Gasteiger partial charge in [0.15, 0.2) is 0 Å². The maximum Gasteiger partial charge on any atom is 0.416 e. The molecule has 2 N–H and O–H groups in total. The standard InChI is InChI=1S/C23H30F3N3O3S2/c1-29(2)9-3-11-34(30,31)27-13-17-5-6-18-21(15-8-10-33-14-15)28-20-7-4-16(23(24,25)26)12-19(20)22(18)32-17/h4,7-8,10,12,14,17-18,21-22,27-28H,3,5-6,9,11,13H2,1-2H3/t17-,18+,21+,22+/m1/s1. The number of thiophene rings is 1. The number of rotatable bonds is 8. The molecule has 1 aromatic carbocycles. The number of sulfonamides is 1. The van der Waals surface area contributed by atoms with Gasteiger partial charge in [0.2, 0.25) is 10.0 Å². The van der Waals surface area contributed by atoms with Crippen LogP contribution in [-0.4, -0.2) is 52.4 Å². The molecule has 2 aliphatic rings. The highest BCUT2D eigenvalue weighted by Crippen LogP contribution is 2.51. The summed E-state index contributed by atoms with van der Waals surface area (Å²) in [6.45, 7) is 0.776. The molecule has 0 radical (unpaired) electrons. The highest BCUT2D eigenvalue weighted by Gasteiger charge is 2.43. The number of ether oxygens (including phenoxy) is 1. The molecule has 0 amide bonds. The van der Waals surface area contributed by atoms with Crippen LogP contribution in [-0.2, 0) is 20.9 Å². The predicted octanol–water partition coefficient (Wildman–Crippen LogP) is 4.64. The summed E-state index contributed by atoms with van der Waals surface area (Å²) in [4.78, 5) is 1.92. The monoisotopic (exact) mass is 517 g/mol. The smallest absolute Gasteiger partial charge is 0.378 e. The Morgan fingerprint density at radius 2 is 2.03 bits per heavy atom. The van der Waals surface area contributed by atoms with Crippen molar-refractivity contribution in [2.24, 2.45) is 5.92 Å². The summed E-state index contributed by atoms with van der Waals surface area (Å²) in [5.41, 5.74) is 1.46. The van der Waals surface area contributed by atoms with Crippen LogP contribution in [0.4, 0.5) is 18.9 Å². The molecule has 188 valence electrons. The van der Waals surface area contributed by atoms with E-state index < -0.39 is 34.0 Å². The SMILES string of the molecule is CN(C)CCCS(=O)(=O)NC[C@H]1CC[C@@H]2[C@H](O1)c1cc(C(F)(F)F)ccc1N[C@H]2c1ccsc1. The van der Waals surface area contributed by atoms with Gasteiger partial charge in [-0.2, -0.15) is 24.5 Å². The van der Waals surface area contributed by atoms with Crippen molar-refractivity contribution >= 4 is 27.0 Å². The van der Waals surface area contributed by atoms with Crippen molar-refractivity contribution in [3.05, 3.63) is 51.7 Å². The second-order valence-electron chi connectivity index (χ2n) is 9.22. The van der Waals surface area contributed by atoms with Crippen LogP contribution < -0.4 is 10.0 Å². The second-order valence-corrected chi connectivity index (χ2v) is 11.9. The molecule has 2 aromatic rings. The fourth-order valence-electron chi connectivity index (χ4n) is 4.73. The molecule has 1 saturated heterocycles. The summed E-state index contributed by atoms with van der Waals surface area (Å²) in [5.74, 6) is -0.0372. The fourth-order valence-corrected chi connectivity index (χ4v) is 6.52. The molecule has 0 aliphatic carbocycles. The van der Waals surface area contributed by atoms with Gasteiger partial charge < -0.3 is 15.0 Å². The first-order valence-electron chi connectivity index (χ1n) is 11.3. The number of nitrogens with one attached hydrogen (secondary N) is 2. The first-order chi connectivity index (χ1) is 16.0. The molecule has 34 heavy (non-hydrogen) atoms. The molecule has 6 nitrogen and oxygen atoms in total. The minimum absolute atomic E-state index is 0.0197. The Bertz CT molecular complexity index is 1070. The van der Waals surface area contributed by atoms with Gasteiger partial charge >= 0.3 is 6.18 Å². The van der Waals surface area contributed by atoms with Crippen molar-refractivity contribution in [1.82, 2.24) is 9.62 Å². The Balaban J connectivity index is 1.52. The van der Waals surface area contributed by atoms with Gasteiger partial charge in [0.1, 0.15) is 0 Å². The van der Waals surface area contributed by atoms with Crippen molar-refractivity contribution in [2.45, 2.75) is 43.7 Å². The largest absolute Gasteiger partial charge is 0.416 e.